The Hall–Kier alpha value is -1.52. The van der Waals surface area contributed by atoms with Crippen LogP contribution in [0, 0.1) is 6.92 Å². The number of hydrogen-bond donors (Lipinski definition) is 2. The molecule has 0 bridgehead atoms. The van der Waals surface area contributed by atoms with Crippen molar-refractivity contribution in [3.63, 3.8) is 0 Å². The first-order valence-corrected chi connectivity index (χ1v) is 5.95. The van der Waals surface area contributed by atoms with E-state index in [0.29, 0.717) is 21.2 Å². The van der Waals surface area contributed by atoms with Crippen LogP contribution in [0.2, 0.25) is 10.0 Å². The number of aryl methyl sites for hydroxylation is 1. The quantitative estimate of drug-likeness (QED) is 0.907. The molecule has 1 aromatic carbocycles. The summed E-state index contributed by atoms with van der Waals surface area (Å²) in [5, 5.41) is 13.1. The fourth-order valence-corrected chi connectivity index (χ4v) is 2.04. The van der Waals surface area contributed by atoms with E-state index in [2.05, 4.69) is 10.3 Å². The first-order valence-electron chi connectivity index (χ1n) is 5.20. The minimum Gasteiger partial charge on any atom is -0.480 e. The molecule has 94 valence electrons. The van der Waals surface area contributed by atoms with Gasteiger partial charge in [0.2, 0.25) is 0 Å². The molecule has 0 amide bonds. The maximum atomic E-state index is 10.6. The lowest BCUT2D eigenvalue weighted by molar-refractivity contribution is -0.134. The standard InChI is InChI=1S/C12H10Cl2N2O2/c1-6-4-9(15-5-10(17)18)7-2-3-8(13)11(14)12(7)16-6/h2-4H,5H2,1H3,(H,15,16)(H,17,18). The summed E-state index contributed by atoms with van der Waals surface area (Å²) in [5.41, 5.74) is 1.98. The lowest BCUT2D eigenvalue weighted by Crippen LogP contribution is -2.12. The molecule has 18 heavy (non-hydrogen) atoms. The van der Waals surface area contributed by atoms with E-state index >= 15 is 0 Å². The van der Waals surface area contributed by atoms with E-state index < -0.39 is 5.97 Å². The zero-order valence-electron chi connectivity index (χ0n) is 9.50. The number of rotatable bonds is 3. The van der Waals surface area contributed by atoms with Crippen molar-refractivity contribution in [2.24, 2.45) is 0 Å². The third-order valence-corrected chi connectivity index (χ3v) is 3.22. The van der Waals surface area contributed by atoms with E-state index in [0.717, 1.165) is 11.1 Å². The highest BCUT2D eigenvalue weighted by Crippen LogP contribution is 2.33. The molecule has 2 rings (SSSR count). The van der Waals surface area contributed by atoms with Gasteiger partial charge < -0.3 is 10.4 Å². The second kappa shape index (κ2) is 5.00. The van der Waals surface area contributed by atoms with Crippen LogP contribution in [0.15, 0.2) is 18.2 Å². The maximum Gasteiger partial charge on any atom is 0.322 e. The number of nitrogens with one attached hydrogen (secondary N) is 1. The second-order valence-corrected chi connectivity index (χ2v) is 4.60. The Bertz CT molecular complexity index is 629. The molecule has 0 spiro atoms. The number of carboxylic acid groups (broad SMARTS) is 1. The van der Waals surface area contributed by atoms with Gasteiger partial charge in [0, 0.05) is 16.8 Å². The van der Waals surface area contributed by atoms with Crippen LogP contribution in [0.3, 0.4) is 0 Å². The summed E-state index contributed by atoms with van der Waals surface area (Å²) >= 11 is 12.0. The van der Waals surface area contributed by atoms with Crippen molar-refractivity contribution in [1.29, 1.82) is 0 Å². The number of carbonyl (C=O) groups is 1. The molecular formula is C12H10Cl2N2O2. The highest BCUT2D eigenvalue weighted by atomic mass is 35.5. The summed E-state index contributed by atoms with van der Waals surface area (Å²) in [6, 6.07) is 5.20. The van der Waals surface area contributed by atoms with Crippen LogP contribution in [0.5, 0.6) is 0 Å². The highest BCUT2D eigenvalue weighted by Gasteiger charge is 2.10. The smallest absolute Gasteiger partial charge is 0.322 e. The van der Waals surface area contributed by atoms with Gasteiger partial charge in [0.15, 0.2) is 0 Å². The molecule has 0 unspecified atom stereocenters. The Balaban J connectivity index is 2.59. The van der Waals surface area contributed by atoms with E-state index in [1.54, 1.807) is 18.2 Å². The average molecular weight is 285 g/mol. The molecule has 1 aromatic heterocycles. The fraction of sp³-hybridized carbons (Fsp3) is 0.167. The highest BCUT2D eigenvalue weighted by molar-refractivity contribution is 6.45. The monoisotopic (exact) mass is 284 g/mol. The predicted octanol–water partition coefficient (Wildman–Crippen LogP) is 3.35. The molecule has 0 radical (unpaired) electrons. The lowest BCUT2D eigenvalue weighted by Gasteiger charge is -2.10. The SMILES string of the molecule is Cc1cc(NCC(=O)O)c2ccc(Cl)c(Cl)c2n1. The summed E-state index contributed by atoms with van der Waals surface area (Å²) in [4.78, 5) is 14.9. The number of anilines is 1. The summed E-state index contributed by atoms with van der Waals surface area (Å²) in [7, 11) is 0. The molecule has 2 aromatic rings. The first-order chi connectivity index (χ1) is 8.49. The van der Waals surface area contributed by atoms with Gasteiger partial charge in [0.05, 0.1) is 15.6 Å². The Labute approximate surface area is 114 Å². The number of halogens is 2. The molecule has 0 aliphatic rings. The van der Waals surface area contributed by atoms with Crippen LogP contribution in [-0.4, -0.2) is 22.6 Å². The first kappa shape index (κ1) is 12.9. The van der Waals surface area contributed by atoms with Crippen LogP contribution in [0.1, 0.15) is 5.69 Å². The number of benzene rings is 1. The molecule has 0 saturated heterocycles. The van der Waals surface area contributed by atoms with E-state index in [1.807, 2.05) is 6.92 Å². The predicted molar refractivity (Wildman–Crippen MR) is 72.6 cm³/mol. The Morgan fingerprint density at radius 3 is 2.83 bits per heavy atom. The maximum absolute atomic E-state index is 10.6. The lowest BCUT2D eigenvalue weighted by atomic mass is 10.1. The van der Waals surface area contributed by atoms with Crippen molar-refractivity contribution in [2.75, 3.05) is 11.9 Å². The van der Waals surface area contributed by atoms with Crippen LogP contribution in [0.4, 0.5) is 5.69 Å². The number of fused-ring (bicyclic) bond motifs is 1. The van der Waals surface area contributed by atoms with Crippen molar-refractivity contribution in [1.82, 2.24) is 4.98 Å². The van der Waals surface area contributed by atoms with Crippen LogP contribution < -0.4 is 5.32 Å². The van der Waals surface area contributed by atoms with Gasteiger partial charge in [-0.1, -0.05) is 23.2 Å². The van der Waals surface area contributed by atoms with Crippen LogP contribution in [-0.2, 0) is 4.79 Å². The van der Waals surface area contributed by atoms with Crippen LogP contribution in [0.25, 0.3) is 10.9 Å². The normalized spacial score (nSPS) is 10.6. The summed E-state index contributed by atoms with van der Waals surface area (Å²) in [6.45, 7) is 1.64. The van der Waals surface area contributed by atoms with E-state index in [1.165, 1.54) is 0 Å². The number of aliphatic carboxylic acids is 1. The van der Waals surface area contributed by atoms with Gasteiger partial charge in [-0.3, -0.25) is 9.78 Å². The third kappa shape index (κ3) is 2.49. The molecule has 4 nitrogen and oxygen atoms in total. The summed E-state index contributed by atoms with van der Waals surface area (Å²) < 4.78 is 0. The van der Waals surface area contributed by atoms with Gasteiger partial charge in [-0.2, -0.15) is 0 Å². The molecule has 0 saturated carbocycles. The van der Waals surface area contributed by atoms with Gasteiger partial charge in [-0.25, -0.2) is 0 Å². The minimum atomic E-state index is -0.933. The van der Waals surface area contributed by atoms with Gasteiger partial charge in [-0.15, -0.1) is 0 Å². The molecule has 2 N–H and O–H groups in total. The molecule has 1 heterocycles. The van der Waals surface area contributed by atoms with Crippen molar-refractivity contribution in [3.8, 4) is 0 Å². The van der Waals surface area contributed by atoms with Crippen LogP contribution >= 0.6 is 23.2 Å². The number of aromatic nitrogens is 1. The van der Waals surface area contributed by atoms with E-state index in [-0.39, 0.29) is 6.54 Å². The molecule has 0 aliphatic carbocycles. The molecule has 0 atom stereocenters. The number of carboxylic acids is 1. The summed E-state index contributed by atoms with van der Waals surface area (Å²) in [5.74, 6) is -0.933. The Morgan fingerprint density at radius 1 is 1.44 bits per heavy atom. The zero-order valence-corrected chi connectivity index (χ0v) is 11.0. The molecular weight excluding hydrogens is 275 g/mol. The Morgan fingerprint density at radius 2 is 2.17 bits per heavy atom. The number of nitrogens with zero attached hydrogens (tertiary/aromatic N) is 1. The Kier molecular flexibility index (Phi) is 3.59. The summed E-state index contributed by atoms with van der Waals surface area (Å²) in [6.07, 6.45) is 0. The van der Waals surface area contributed by atoms with Crippen molar-refractivity contribution in [2.45, 2.75) is 6.92 Å². The largest absolute Gasteiger partial charge is 0.480 e. The third-order valence-electron chi connectivity index (χ3n) is 2.43. The molecule has 0 fully saturated rings. The topological polar surface area (TPSA) is 62.2 Å². The van der Waals surface area contributed by atoms with Gasteiger partial charge in [-0.05, 0) is 25.1 Å². The van der Waals surface area contributed by atoms with Gasteiger partial charge >= 0.3 is 5.97 Å². The zero-order chi connectivity index (χ0) is 13.3. The van der Waals surface area contributed by atoms with Crippen molar-refractivity contribution in [3.05, 3.63) is 33.9 Å². The molecule has 6 heteroatoms. The van der Waals surface area contributed by atoms with E-state index in [4.69, 9.17) is 28.3 Å². The minimum absolute atomic E-state index is 0.168. The van der Waals surface area contributed by atoms with E-state index in [9.17, 15) is 4.79 Å². The molecule has 0 aliphatic heterocycles. The van der Waals surface area contributed by atoms with Crippen molar-refractivity contribution >= 4 is 45.8 Å². The average Bonchev–Trinajstić information content (AvgIpc) is 2.31. The van der Waals surface area contributed by atoms with Crippen molar-refractivity contribution < 1.29 is 9.90 Å². The van der Waals surface area contributed by atoms with Gasteiger partial charge in [0.1, 0.15) is 6.54 Å². The number of hydrogen-bond acceptors (Lipinski definition) is 3. The fourth-order valence-electron chi connectivity index (χ4n) is 1.68. The second-order valence-electron chi connectivity index (χ2n) is 3.82. The van der Waals surface area contributed by atoms with Gasteiger partial charge in [0.25, 0.3) is 0 Å². The number of pyridine rings is 1.